The number of hydrogen-bond donors (Lipinski definition) is 1. The van der Waals surface area contributed by atoms with Gasteiger partial charge < -0.3 is 5.32 Å². The van der Waals surface area contributed by atoms with Crippen LogP contribution in [0.1, 0.15) is 6.42 Å². The Morgan fingerprint density at radius 3 is 2.91 bits per heavy atom. The summed E-state index contributed by atoms with van der Waals surface area (Å²) in [5.41, 5.74) is 0.847. The predicted molar refractivity (Wildman–Crippen MR) is 84.6 cm³/mol. The van der Waals surface area contributed by atoms with E-state index < -0.39 is 16.9 Å². The number of aromatic nitrogens is 1. The van der Waals surface area contributed by atoms with Gasteiger partial charge in [0, 0.05) is 16.7 Å². The van der Waals surface area contributed by atoms with Gasteiger partial charge >= 0.3 is 0 Å². The Hall–Kier alpha value is -2.54. The van der Waals surface area contributed by atoms with Crippen molar-refractivity contribution in [1.82, 2.24) is 4.98 Å². The maximum absolute atomic E-state index is 12.0. The number of rotatable bonds is 3. The van der Waals surface area contributed by atoms with E-state index in [1.807, 2.05) is 36.4 Å². The molecule has 0 radical (unpaired) electrons. The Kier molecular flexibility index (Phi) is 2.83. The lowest BCUT2D eigenvalue weighted by Crippen LogP contribution is -2.18. The minimum atomic E-state index is -0.741. The van der Waals surface area contributed by atoms with Crippen molar-refractivity contribution < 1.29 is 9.72 Å². The van der Waals surface area contributed by atoms with Gasteiger partial charge in [0.1, 0.15) is 5.92 Å². The second-order valence-corrected chi connectivity index (χ2v) is 6.37. The molecule has 7 heteroatoms. The molecule has 1 fully saturated rings. The van der Waals surface area contributed by atoms with Crippen LogP contribution in [0.25, 0.3) is 21.0 Å². The summed E-state index contributed by atoms with van der Waals surface area (Å²) in [7, 11) is 0. The largest absolute Gasteiger partial charge is 0.301 e. The molecule has 6 nitrogen and oxygen atoms in total. The number of nitrogens with one attached hydrogen (secondary N) is 1. The molecule has 1 aliphatic rings. The van der Waals surface area contributed by atoms with Gasteiger partial charge in [0.25, 0.3) is 0 Å². The van der Waals surface area contributed by atoms with Crippen LogP contribution in [0.3, 0.4) is 0 Å². The number of amides is 1. The summed E-state index contributed by atoms with van der Waals surface area (Å²) in [5.74, 6) is -0.844. The number of anilines is 1. The van der Waals surface area contributed by atoms with E-state index >= 15 is 0 Å². The number of fused-ring (bicyclic) bond motifs is 3. The van der Waals surface area contributed by atoms with E-state index in [0.29, 0.717) is 11.6 Å². The molecule has 0 aliphatic heterocycles. The molecule has 4 rings (SSSR count). The van der Waals surface area contributed by atoms with Crippen LogP contribution in [0, 0.1) is 16.0 Å². The topological polar surface area (TPSA) is 85.1 Å². The van der Waals surface area contributed by atoms with Crippen LogP contribution in [-0.4, -0.2) is 21.9 Å². The summed E-state index contributed by atoms with van der Waals surface area (Å²) in [6.45, 7) is 0. The molecule has 1 aromatic heterocycles. The van der Waals surface area contributed by atoms with E-state index in [-0.39, 0.29) is 5.91 Å². The minimum Gasteiger partial charge on any atom is -0.301 e. The first-order valence-corrected chi connectivity index (χ1v) is 7.68. The average Bonchev–Trinajstić information content (AvgIpc) is 3.22. The highest BCUT2D eigenvalue weighted by Crippen LogP contribution is 2.36. The number of benzene rings is 2. The number of thiazole rings is 1. The van der Waals surface area contributed by atoms with Gasteiger partial charge in [0.2, 0.25) is 11.9 Å². The van der Waals surface area contributed by atoms with E-state index in [2.05, 4.69) is 10.3 Å². The predicted octanol–water partition coefficient (Wildman–Crippen LogP) is 3.05. The first kappa shape index (κ1) is 13.1. The lowest BCUT2D eigenvalue weighted by Gasteiger charge is -1.98. The van der Waals surface area contributed by atoms with E-state index in [0.717, 1.165) is 21.0 Å². The molecule has 2 aromatic carbocycles. The molecule has 1 N–H and O–H groups in total. The molecule has 1 heterocycles. The maximum atomic E-state index is 12.0. The van der Waals surface area contributed by atoms with Crippen molar-refractivity contribution in [2.75, 3.05) is 5.32 Å². The Bertz CT molecular complexity index is 921. The summed E-state index contributed by atoms with van der Waals surface area (Å²) in [6, 6.07) is 11.2. The van der Waals surface area contributed by atoms with E-state index in [9.17, 15) is 14.9 Å². The molecule has 0 spiro atoms. The first-order chi connectivity index (χ1) is 10.6. The fourth-order valence-electron chi connectivity index (χ4n) is 2.61. The van der Waals surface area contributed by atoms with E-state index in [4.69, 9.17) is 0 Å². The molecule has 1 aliphatic carbocycles. The minimum absolute atomic E-state index is 0.312. The molecule has 0 bridgehead atoms. The van der Waals surface area contributed by atoms with Crippen LogP contribution >= 0.6 is 11.3 Å². The molecule has 0 saturated heterocycles. The quantitative estimate of drug-likeness (QED) is 0.595. The van der Waals surface area contributed by atoms with Crippen LogP contribution < -0.4 is 5.32 Å². The van der Waals surface area contributed by atoms with Gasteiger partial charge in [0.15, 0.2) is 5.13 Å². The summed E-state index contributed by atoms with van der Waals surface area (Å²) >= 11 is 1.38. The Morgan fingerprint density at radius 1 is 1.32 bits per heavy atom. The fourth-order valence-corrected chi connectivity index (χ4v) is 3.49. The zero-order chi connectivity index (χ0) is 15.3. The van der Waals surface area contributed by atoms with Crippen molar-refractivity contribution in [1.29, 1.82) is 0 Å². The number of hydrogen-bond acceptors (Lipinski definition) is 5. The SMILES string of the molecule is O=C(Nc1nc2c(ccc3ccccc32)s1)[C@H]1C[C@@H]1[N+](=O)[O-]. The molecule has 1 amide bonds. The van der Waals surface area contributed by atoms with Gasteiger partial charge in [0.05, 0.1) is 10.2 Å². The Balaban J connectivity index is 1.64. The van der Waals surface area contributed by atoms with Crippen molar-refractivity contribution in [3.8, 4) is 0 Å². The summed E-state index contributed by atoms with van der Waals surface area (Å²) in [4.78, 5) is 26.7. The van der Waals surface area contributed by atoms with Gasteiger partial charge in [-0.05, 0) is 11.5 Å². The number of nitrogens with zero attached hydrogens (tertiary/aromatic N) is 2. The fraction of sp³-hybridized carbons (Fsp3) is 0.200. The van der Waals surface area contributed by atoms with Crippen molar-refractivity contribution in [2.45, 2.75) is 12.5 Å². The summed E-state index contributed by atoms with van der Waals surface area (Å²) in [6.07, 6.45) is 0.312. The third-order valence-corrected chi connectivity index (χ3v) is 4.81. The van der Waals surface area contributed by atoms with Gasteiger partial charge in [-0.15, -0.1) is 0 Å². The highest BCUT2D eigenvalue weighted by Gasteiger charge is 2.53. The molecule has 2 atom stereocenters. The molecule has 1 saturated carbocycles. The van der Waals surface area contributed by atoms with Crippen molar-refractivity contribution in [3.63, 3.8) is 0 Å². The van der Waals surface area contributed by atoms with E-state index in [1.165, 1.54) is 11.3 Å². The Morgan fingerprint density at radius 2 is 2.14 bits per heavy atom. The zero-order valence-corrected chi connectivity index (χ0v) is 12.2. The normalized spacial score (nSPS) is 20.2. The molecule has 3 aromatic rings. The smallest absolute Gasteiger partial charge is 0.236 e. The lowest BCUT2D eigenvalue weighted by atomic mass is 10.1. The highest BCUT2D eigenvalue weighted by atomic mass is 32.1. The number of carbonyl (C=O) groups is 1. The summed E-state index contributed by atoms with van der Waals surface area (Å²) < 4.78 is 0.982. The van der Waals surface area contributed by atoms with Crippen LogP contribution in [0.15, 0.2) is 36.4 Å². The third kappa shape index (κ3) is 2.10. The van der Waals surface area contributed by atoms with Crippen LogP contribution in [-0.2, 0) is 4.79 Å². The van der Waals surface area contributed by atoms with Gasteiger partial charge in [-0.25, -0.2) is 4.98 Å². The second kappa shape index (κ2) is 4.74. The first-order valence-electron chi connectivity index (χ1n) is 6.86. The molecule has 22 heavy (non-hydrogen) atoms. The van der Waals surface area contributed by atoms with E-state index in [1.54, 1.807) is 0 Å². The lowest BCUT2D eigenvalue weighted by molar-refractivity contribution is -0.497. The van der Waals surface area contributed by atoms with Gasteiger partial charge in [-0.1, -0.05) is 41.7 Å². The Labute approximate surface area is 128 Å². The van der Waals surface area contributed by atoms with Gasteiger partial charge in [-0.2, -0.15) is 0 Å². The van der Waals surface area contributed by atoms with Crippen molar-refractivity contribution in [2.24, 2.45) is 5.92 Å². The molecule has 110 valence electrons. The third-order valence-electron chi connectivity index (χ3n) is 3.88. The van der Waals surface area contributed by atoms with Crippen LogP contribution in [0.4, 0.5) is 5.13 Å². The van der Waals surface area contributed by atoms with Gasteiger partial charge in [-0.3, -0.25) is 14.9 Å². The summed E-state index contributed by atoms with van der Waals surface area (Å²) in [5, 5.41) is 16.0. The highest BCUT2D eigenvalue weighted by molar-refractivity contribution is 7.22. The molecular formula is C15H11N3O3S. The molecule has 0 unspecified atom stereocenters. The number of carbonyl (C=O) groups excluding carboxylic acids is 1. The van der Waals surface area contributed by atoms with Crippen LogP contribution in [0.2, 0.25) is 0 Å². The van der Waals surface area contributed by atoms with Crippen molar-refractivity contribution in [3.05, 3.63) is 46.5 Å². The number of nitro groups is 1. The molecular weight excluding hydrogens is 302 g/mol. The second-order valence-electron chi connectivity index (χ2n) is 5.34. The maximum Gasteiger partial charge on any atom is 0.236 e. The average molecular weight is 313 g/mol. The van der Waals surface area contributed by atoms with Crippen molar-refractivity contribution >= 4 is 43.4 Å². The zero-order valence-electron chi connectivity index (χ0n) is 11.4. The monoisotopic (exact) mass is 313 g/mol. The van der Waals surface area contributed by atoms with Crippen LogP contribution in [0.5, 0.6) is 0 Å². The standard InChI is InChI=1S/C15H11N3O3S/c19-14(10-7-11(10)18(20)21)17-15-16-13-9-4-2-1-3-8(9)5-6-12(13)22-15/h1-6,10-11H,7H2,(H,16,17,19)/t10-,11-/m0/s1.